The normalized spacial score (nSPS) is 17.1. The Morgan fingerprint density at radius 1 is 1.47 bits per heavy atom. The van der Waals surface area contributed by atoms with Gasteiger partial charge in [0.15, 0.2) is 0 Å². The average molecular weight is 246 g/mol. The van der Waals surface area contributed by atoms with Crippen LogP contribution in [0.4, 0.5) is 0 Å². The van der Waals surface area contributed by atoms with Gasteiger partial charge in [0.05, 0.1) is 9.21 Å². The zero-order valence-electron chi connectivity index (χ0n) is 7.62. The van der Waals surface area contributed by atoms with Gasteiger partial charge in [-0.05, 0) is 25.0 Å². The summed E-state index contributed by atoms with van der Waals surface area (Å²) in [4.78, 5) is 22.9. The first kappa shape index (κ1) is 10.4. The van der Waals surface area contributed by atoms with E-state index in [9.17, 15) is 9.59 Å². The van der Waals surface area contributed by atoms with Crippen LogP contribution in [0, 0.1) is 0 Å². The summed E-state index contributed by atoms with van der Waals surface area (Å²) in [6, 6.07) is 3.20. The van der Waals surface area contributed by atoms with Crippen molar-refractivity contribution in [1.82, 2.24) is 5.32 Å². The Kier molecular flexibility index (Phi) is 2.44. The van der Waals surface area contributed by atoms with Gasteiger partial charge < -0.3 is 10.4 Å². The number of halogens is 1. The van der Waals surface area contributed by atoms with Crippen molar-refractivity contribution in [2.75, 3.05) is 0 Å². The molecule has 1 aliphatic carbocycles. The summed E-state index contributed by atoms with van der Waals surface area (Å²) < 4.78 is 0.514. The van der Waals surface area contributed by atoms with Gasteiger partial charge in [-0.25, -0.2) is 4.79 Å². The second-order valence-corrected chi connectivity index (χ2v) is 5.16. The van der Waals surface area contributed by atoms with Crippen molar-refractivity contribution in [3.05, 3.63) is 21.3 Å². The second kappa shape index (κ2) is 3.50. The van der Waals surface area contributed by atoms with Crippen molar-refractivity contribution in [3.8, 4) is 0 Å². The molecule has 4 nitrogen and oxygen atoms in total. The number of nitrogens with one attached hydrogen (secondary N) is 1. The fraction of sp³-hybridized carbons (Fsp3) is 0.333. The van der Waals surface area contributed by atoms with E-state index in [0.717, 1.165) is 11.3 Å². The van der Waals surface area contributed by atoms with Crippen molar-refractivity contribution in [2.45, 2.75) is 18.4 Å². The highest BCUT2D eigenvalue weighted by Crippen LogP contribution is 2.36. The third kappa shape index (κ3) is 1.98. The van der Waals surface area contributed by atoms with Crippen LogP contribution in [0.3, 0.4) is 0 Å². The van der Waals surface area contributed by atoms with Crippen molar-refractivity contribution in [1.29, 1.82) is 0 Å². The minimum Gasteiger partial charge on any atom is -0.480 e. The maximum absolute atomic E-state index is 11.6. The van der Waals surface area contributed by atoms with Crippen LogP contribution in [0.2, 0.25) is 4.34 Å². The largest absolute Gasteiger partial charge is 0.480 e. The van der Waals surface area contributed by atoms with E-state index in [1.165, 1.54) is 0 Å². The highest BCUT2D eigenvalue weighted by atomic mass is 35.5. The number of carboxylic acids is 1. The van der Waals surface area contributed by atoms with Gasteiger partial charge in [-0.15, -0.1) is 11.3 Å². The molecule has 15 heavy (non-hydrogen) atoms. The molecule has 1 aliphatic rings. The molecule has 2 rings (SSSR count). The number of rotatable bonds is 3. The molecule has 6 heteroatoms. The minimum absolute atomic E-state index is 0.369. The lowest BCUT2D eigenvalue weighted by Gasteiger charge is -2.10. The molecule has 0 saturated heterocycles. The molecule has 1 aromatic heterocycles. The van der Waals surface area contributed by atoms with Crippen molar-refractivity contribution >= 4 is 34.8 Å². The minimum atomic E-state index is -1.03. The Morgan fingerprint density at radius 2 is 2.13 bits per heavy atom. The lowest BCUT2D eigenvalue weighted by atomic mass is 10.2. The molecule has 80 valence electrons. The van der Waals surface area contributed by atoms with E-state index in [4.69, 9.17) is 16.7 Å². The average Bonchev–Trinajstić information content (AvgIpc) is 2.82. The van der Waals surface area contributed by atoms with Crippen LogP contribution >= 0.6 is 22.9 Å². The van der Waals surface area contributed by atoms with E-state index in [0.29, 0.717) is 22.1 Å². The molecule has 0 aromatic carbocycles. The molecule has 1 saturated carbocycles. The summed E-state index contributed by atoms with van der Waals surface area (Å²) in [6.45, 7) is 0. The van der Waals surface area contributed by atoms with Crippen LogP contribution in [0.25, 0.3) is 0 Å². The van der Waals surface area contributed by atoms with Crippen LogP contribution in [0.15, 0.2) is 12.1 Å². The van der Waals surface area contributed by atoms with Gasteiger partial charge in [0, 0.05) is 0 Å². The molecule has 0 aliphatic heterocycles. The summed E-state index contributed by atoms with van der Waals surface area (Å²) in [6.07, 6.45) is 0.986. The lowest BCUT2D eigenvalue weighted by molar-refractivity contribution is -0.140. The third-order valence-electron chi connectivity index (χ3n) is 2.31. The molecular weight excluding hydrogens is 238 g/mol. The number of carbonyl (C=O) groups excluding carboxylic acids is 1. The molecule has 0 bridgehead atoms. The molecule has 0 unspecified atom stereocenters. The Labute approximate surface area is 94.9 Å². The predicted molar refractivity (Wildman–Crippen MR) is 56.4 cm³/mol. The Balaban J connectivity index is 2.08. The molecular formula is C9H8ClNO3S. The highest BCUT2D eigenvalue weighted by Gasteiger charge is 2.51. The molecule has 1 heterocycles. The number of hydrogen-bond acceptors (Lipinski definition) is 3. The number of carboxylic acid groups (broad SMARTS) is 1. The SMILES string of the molecule is O=C(NC1(C(=O)O)CC1)c1ccc(Cl)s1. The molecule has 1 amide bonds. The maximum Gasteiger partial charge on any atom is 0.329 e. The summed E-state index contributed by atoms with van der Waals surface area (Å²) in [5, 5.41) is 11.4. The quantitative estimate of drug-likeness (QED) is 0.853. The smallest absolute Gasteiger partial charge is 0.329 e. The van der Waals surface area contributed by atoms with Gasteiger partial charge in [-0.1, -0.05) is 11.6 Å². The van der Waals surface area contributed by atoms with E-state index in [-0.39, 0.29) is 5.91 Å². The summed E-state index contributed by atoms with van der Waals surface area (Å²) in [5.41, 5.74) is -1.03. The highest BCUT2D eigenvalue weighted by molar-refractivity contribution is 7.18. The van der Waals surface area contributed by atoms with E-state index in [1.807, 2.05) is 0 Å². The zero-order valence-corrected chi connectivity index (χ0v) is 9.19. The number of aliphatic carboxylic acids is 1. The van der Waals surface area contributed by atoms with Crippen LogP contribution in [-0.4, -0.2) is 22.5 Å². The topological polar surface area (TPSA) is 66.4 Å². The standard InChI is InChI=1S/C9H8ClNO3S/c10-6-2-1-5(15-6)7(12)11-9(3-4-9)8(13)14/h1-2H,3-4H2,(H,11,12)(H,13,14). The molecule has 0 atom stereocenters. The molecule has 1 aromatic rings. The van der Waals surface area contributed by atoms with Gasteiger partial charge in [0.1, 0.15) is 5.54 Å². The number of amides is 1. The van der Waals surface area contributed by atoms with Gasteiger partial charge >= 0.3 is 5.97 Å². The van der Waals surface area contributed by atoms with Crippen LogP contribution in [0.5, 0.6) is 0 Å². The van der Waals surface area contributed by atoms with E-state index >= 15 is 0 Å². The third-order valence-corrected chi connectivity index (χ3v) is 3.54. The van der Waals surface area contributed by atoms with Crippen LogP contribution in [0.1, 0.15) is 22.5 Å². The monoisotopic (exact) mass is 245 g/mol. The van der Waals surface area contributed by atoms with Crippen molar-refractivity contribution < 1.29 is 14.7 Å². The molecule has 2 N–H and O–H groups in total. The summed E-state index contributed by atoms with van der Waals surface area (Å²) in [7, 11) is 0. The van der Waals surface area contributed by atoms with Gasteiger partial charge in [0.25, 0.3) is 5.91 Å². The van der Waals surface area contributed by atoms with Gasteiger partial charge in [0.2, 0.25) is 0 Å². The lowest BCUT2D eigenvalue weighted by Crippen LogP contribution is -2.42. The summed E-state index contributed by atoms with van der Waals surface area (Å²) in [5.74, 6) is -1.34. The zero-order chi connectivity index (χ0) is 11.1. The van der Waals surface area contributed by atoms with Crippen LogP contribution < -0.4 is 5.32 Å². The number of carbonyl (C=O) groups is 2. The number of thiophene rings is 1. The Bertz CT molecular complexity index is 425. The van der Waals surface area contributed by atoms with E-state index in [1.54, 1.807) is 12.1 Å². The number of hydrogen-bond donors (Lipinski definition) is 2. The van der Waals surface area contributed by atoms with Gasteiger partial charge in [-0.2, -0.15) is 0 Å². The van der Waals surface area contributed by atoms with Gasteiger partial charge in [-0.3, -0.25) is 4.79 Å². The summed E-state index contributed by atoms with van der Waals surface area (Å²) >= 11 is 6.81. The van der Waals surface area contributed by atoms with Crippen LogP contribution in [-0.2, 0) is 4.79 Å². The fourth-order valence-electron chi connectivity index (χ4n) is 1.23. The maximum atomic E-state index is 11.6. The predicted octanol–water partition coefficient (Wildman–Crippen LogP) is 1.75. The van der Waals surface area contributed by atoms with Crippen molar-refractivity contribution in [3.63, 3.8) is 0 Å². The van der Waals surface area contributed by atoms with Crippen molar-refractivity contribution in [2.24, 2.45) is 0 Å². The first-order valence-corrected chi connectivity index (χ1v) is 5.54. The second-order valence-electron chi connectivity index (χ2n) is 3.45. The van der Waals surface area contributed by atoms with E-state index < -0.39 is 11.5 Å². The molecule has 0 spiro atoms. The molecule has 0 radical (unpaired) electrons. The van der Waals surface area contributed by atoms with E-state index in [2.05, 4.69) is 5.32 Å². The Morgan fingerprint density at radius 3 is 2.53 bits per heavy atom. The first-order valence-electron chi connectivity index (χ1n) is 4.35. The first-order chi connectivity index (χ1) is 7.03. The molecule has 1 fully saturated rings. The fourth-order valence-corrected chi connectivity index (χ4v) is 2.17. The Hall–Kier alpha value is -1.07.